The first-order valence-electron chi connectivity index (χ1n) is 5.14. The Labute approximate surface area is 98.3 Å². The van der Waals surface area contributed by atoms with Crippen LogP contribution in [-0.4, -0.2) is 31.1 Å². The minimum Gasteiger partial charge on any atom is -0.452 e. The van der Waals surface area contributed by atoms with Crippen LogP contribution in [0.15, 0.2) is 33.9 Å². The highest BCUT2D eigenvalue weighted by Gasteiger charge is 2.21. The molecule has 0 aromatic carbocycles. The Balaban J connectivity index is 2.12. The maximum Gasteiger partial charge on any atom is 0.169 e. The van der Waals surface area contributed by atoms with E-state index in [0.717, 1.165) is 36.6 Å². The molecule has 1 aromatic heterocycles. The Morgan fingerprint density at radius 2 is 2.20 bits per heavy atom. The fourth-order valence-corrected chi connectivity index (χ4v) is 2.21. The van der Waals surface area contributed by atoms with E-state index in [1.165, 1.54) is 0 Å². The Bertz CT molecular complexity index is 331. The SMILES string of the molecule is C=C[C@H](c1ccc(Br)o1)N1CCNCC1. The number of halogens is 1. The van der Waals surface area contributed by atoms with E-state index in [4.69, 9.17) is 4.42 Å². The molecule has 2 heterocycles. The molecule has 4 heteroatoms. The van der Waals surface area contributed by atoms with E-state index in [-0.39, 0.29) is 6.04 Å². The van der Waals surface area contributed by atoms with Crippen molar-refractivity contribution in [1.82, 2.24) is 10.2 Å². The number of hydrogen-bond acceptors (Lipinski definition) is 3. The van der Waals surface area contributed by atoms with E-state index < -0.39 is 0 Å². The van der Waals surface area contributed by atoms with Crippen LogP contribution in [0.1, 0.15) is 11.8 Å². The molecule has 0 bridgehead atoms. The molecule has 3 nitrogen and oxygen atoms in total. The Hall–Kier alpha value is -0.580. The number of nitrogens with zero attached hydrogens (tertiary/aromatic N) is 1. The van der Waals surface area contributed by atoms with Crippen LogP contribution in [0.4, 0.5) is 0 Å². The zero-order valence-electron chi connectivity index (χ0n) is 8.58. The van der Waals surface area contributed by atoms with Gasteiger partial charge in [-0.2, -0.15) is 0 Å². The van der Waals surface area contributed by atoms with Gasteiger partial charge in [0.05, 0.1) is 6.04 Å². The molecule has 1 aromatic rings. The van der Waals surface area contributed by atoms with Crippen molar-refractivity contribution < 1.29 is 4.42 Å². The van der Waals surface area contributed by atoms with Crippen molar-refractivity contribution in [3.8, 4) is 0 Å². The Kier molecular flexibility index (Phi) is 3.61. The number of furan rings is 1. The summed E-state index contributed by atoms with van der Waals surface area (Å²) in [7, 11) is 0. The van der Waals surface area contributed by atoms with Crippen molar-refractivity contribution in [1.29, 1.82) is 0 Å². The van der Waals surface area contributed by atoms with Crippen LogP contribution in [0.2, 0.25) is 0 Å². The first kappa shape index (κ1) is 10.9. The zero-order valence-corrected chi connectivity index (χ0v) is 10.2. The van der Waals surface area contributed by atoms with Gasteiger partial charge < -0.3 is 9.73 Å². The van der Waals surface area contributed by atoms with E-state index in [1.54, 1.807) is 0 Å². The molecule has 82 valence electrons. The van der Waals surface area contributed by atoms with E-state index in [1.807, 2.05) is 18.2 Å². The summed E-state index contributed by atoms with van der Waals surface area (Å²) in [6.45, 7) is 8.03. The van der Waals surface area contributed by atoms with E-state index in [2.05, 4.69) is 32.7 Å². The first-order valence-corrected chi connectivity index (χ1v) is 5.93. The molecule has 15 heavy (non-hydrogen) atoms. The summed E-state index contributed by atoms with van der Waals surface area (Å²) in [5.41, 5.74) is 0. The Morgan fingerprint density at radius 3 is 2.73 bits per heavy atom. The van der Waals surface area contributed by atoms with E-state index in [0.29, 0.717) is 0 Å². The molecule has 1 N–H and O–H groups in total. The average molecular weight is 271 g/mol. The molecule has 0 aliphatic carbocycles. The molecule has 1 atom stereocenters. The highest BCUT2D eigenvalue weighted by molar-refractivity contribution is 9.10. The number of nitrogens with one attached hydrogen (secondary N) is 1. The third-order valence-corrected chi connectivity index (χ3v) is 3.08. The molecule has 1 fully saturated rings. The molecule has 0 amide bonds. The number of hydrogen-bond donors (Lipinski definition) is 1. The van der Waals surface area contributed by atoms with Crippen molar-refractivity contribution in [3.05, 3.63) is 35.2 Å². The summed E-state index contributed by atoms with van der Waals surface area (Å²) in [5, 5.41) is 3.33. The molecule has 1 aliphatic rings. The summed E-state index contributed by atoms with van der Waals surface area (Å²) in [5.74, 6) is 0.957. The normalized spacial score (nSPS) is 20.1. The maximum absolute atomic E-state index is 5.57. The van der Waals surface area contributed by atoms with Gasteiger partial charge in [-0.15, -0.1) is 6.58 Å². The van der Waals surface area contributed by atoms with Crippen molar-refractivity contribution >= 4 is 15.9 Å². The van der Waals surface area contributed by atoms with Crippen LogP contribution in [0.25, 0.3) is 0 Å². The molecule has 0 radical (unpaired) electrons. The van der Waals surface area contributed by atoms with Gasteiger partial charge >= 0.3 is 0 Å². The van der Waals surface area contributed by atoms with Gasteiger partial charge in [-0.1, -0.05) is 6.08 Å². The molecular weight excluding hydrogens is 256 g/mol. The van der Waals surface area contributed by atoms with E-state index in [9.17, 15) is 0 Å². The summed E-state index contributed by atoms with van der Waals surface area (Å²) in [4.78, 5) is 2.37. The van der Waals surface area contributed by atoms with Gasteiger partial charge in [-0.25, -0.2) is 0 Å². The molecular formula is C11H15BrN2O. The summed E-state index contributed by atoms with van der Waals surface area (Å²) < 4.78 is 6.35. The second kappa shape index (κ2) is 4.96. The third-order valence-electron chi connectivity index (χ3n) is 2.65. The second-order valence-electron chi connectivity index (χ2n) is 3.61. The molecule has 1 aliphatic heterocycles. The smallest absolute Gasteiger partial charge is 0.169 e. The fourth-order valence-electron chi connectivity index (χ4n) is 1.89. The molecule has 0 unspecified atom stereocenters. The van der Waals surface area contributed by atoms with Crippen LogP contribution >= 0.6 is 15.9 Å². The van der Waals surface area contributed by atoms with Crippen molar-refractivity contribution in [2.24, 2.45) is 0 Å². The lowest BCUT2D eigenvalue weighted by Crippen LogP contribution is -2.44. The minimum absolute atomic E-state index is 0.193. The van der Waals surface area contributed by atoms with Gasteiger partial charge in [0.15, 0.2) is 4.67 Å². The topological polar surface area (TPSA) is 28.4 Å². The standard InChI is InChI=1S/C11H15BrN2O/c1-2-9(10-3-4-11(12)15-10)14-7-5-13-6-8-14/h2-4,9,13H,1,5-8H2/t9-/m1/s1. The predicted octanol–water partition coefficient (Wildman–Crippen LogP) is 2.17. The molecule has 1 saturated heterocycles. The molecule has 2 rings (SSSR count). The van der Waals surface area contributed by atoms with Crippen LogP contribution in [0.5, 0.6) is 0 Å². The first-order chi connectivity index (χ1) is 7.31. The van der Waals surface area contributed by atoms with Crippen molar-refractivity contribution in [2.45, 2.75) is 6.04 Å². The van der Waals surface area contributed by atoms with Gasteiger partial charge in [0.1, 0.15) is 5.76 Å². The summed E-state index contributed by atoms with van der Waals surface area (Å²) in [6.07, 6.45) is 1.94. The van der Waals surface area contributed by atoms with Gasteiger partial charge in [0.25, 0.3) is 0 Å². The lowest BCUT2D eigenvalue weighted by atomic mass is 10.1. The van der Waals surface area contributed by atoms with E-state index >= 15 is 0 Å². The largest absolute Gasteiger partial charge is 0.452 e. The van der Waals surface area contributed by atoms with Crippen LogP contribution < -0.4 is 5.32 Å². The van der Waals surface area contributed by atoms with Crippen LogP contribution in [0, 0.1) is 0 Å². The summed E-state index contributed by atoms with van der Waals surface area (Å²) in [6, 6.07) is 4.12. The minimum atomic E-state index is 0.193. The molecule has 0 saturated carbocycles. The predicted molar refractivity (Wildman–Crippen MR) is 63.8 cm³/mol. The quantitative estimate of drug-likeness (QED) is 0.854. The van der Waals surface area contributed by atoms with Crippen molar-refractivity contribution in [2.75, 3.05) is 26.2 Å². The van der Waals surface area contributed by atoms with Gasteiger partial charge in [0, 0.05) is 26.2 Å². The summed E-state index contributed by atoms with van der Waals surface area (Å²) >= 11 is 3.32. The second-order valence-corrected chi connectivity index (χ2v) is 4.39. The zero-order chi connectivity index (χ0) is 10.7. The highest BCUT2D eigenvalue weighted by Crippen LogP contribution is 2.26. The Morgan fingerprint density at radius 1 is 1.47 bits per heavy atom. The van der Waals surface area contributed by atoms with Crippen molar-refractivity contribution in [3.63, 3.8) is 0 Å². The van der Waals surface area contributed by atoms with Crippen LogP contribution in [0.3, 0.4) is 0 Å². The maximum atomic E-state index is 5.57. The monoisotopic (exact) mass is 270 g/mol. The highest BCUT2D eigenvalue weighted by atomic mass is 79.9. The lowest BCUT2D eigenvalue weighted by Gasteiger charge is -2.31. The van der Waals surface area contributed by atoms with Crippen LogP contribution in [-0.2, 0) is 0 Å². The third kappa shape index (κ3) is 2.51. The van der Waals surface area contributed by atoms with Gasteiger partial charge in [0.2, 0.25) is 0 Å². The lowest BCUT2D eigenvalue weighted by molar-refractivity contribution is 0.184. The fraction of sp³-hybridized carbons (Fsp3) is 0.455. The number of rotatable bonds is 3. The number of piperazine rings is 1. The van der Waals surface area contributed by atoms with Gasteiger partial charge in [-0.05, 0) is 28.1 Å². The molecule has 0 spiro atoms. The van der Waals surface area contributed by atoms with Gasteiger partial charge in [-0.3, -0.25) is 4.90 Å². The average Bonchev–Trinajstić information content (AvgIpc) is 2.68.